The number of esters is 1. The van der Waals surface area contributed by atoms with Gasteiger partial charge in [0.05, 0.1) is 11.2 Å². The SMILES string of the molecule is O=C(OC1CC1)c1c[nH]c2cc(N3CCNCC3)c(F)cc2c1=O. The van der Waals surface area contributed by atoms with Gasteiger partial charge >= 0.3 is 5.97 Å². The second-order valence-electron chi connectivity index (χ2n) is 6.22. The van der Waals surface area contributed by atoms with Crippen LogP contribution < -0.4 is 15.6 Å². The third kappa shape index (κ3) is 2.75. The molecule has 24 heavy (non-hydrogen) atoms. The molecular weight excluding hydrogens is 313 g/mol. The molecule has 7 heteroatoms. The maximum Gasteiger partial charge on any atom is 0.343 e. The first kappa shape index (κ1) is 15.1. The van der Waals surface area contributed by atoms with Gasteiger partial charge in [0.25, 0.3) is 0 Å². The summed E-state index contributed by atoms with van der Waals surface area (Å²) in [7, 11) is 0. The Labute approximate surface area is 137 Å². The Bertz CT molecular complexity index is 854. The van der Waals surface area contributed by atoms with E-state index in [1.54, 1.807) is 6.07 Å². The number of aromatic amines is 1. The Hall–Kier alpha value is -2.41. The van der Waals surface area contributed by atoms with E-state index in [2.05, 4.69) is 10.3 Å². The molecule has 126 valence electrons. The Morgan fingerprint density at radius 1 is 1.25 bits per heavy atom. The maximum atomic E-state index is 14.5. The number of ether oxygens (including phenoxy) is 1. The van der Waals surface area contributed by atoms with E-state index in [1.165, 1.54) is 12.3 Å². The first-order chi connectivity index (χ1) is 11.6. The molecule has 0 bridgehead atoms. The second kappa shape index (κ2) is 5.90. The monoisotopic (exact) mass is 331 g/mol. The molecule has 0 spiro atoms. The van der Waals surface area contributed by atoms with Gasteiger partial charge in [0.2, 0.25) is 5.43 Å². The molecule has 0 amide bonds. The van der Waals surface area contributed by atoms with Gasteiger partial charge in [0.1, 0.15) is 17.5 Å². The van der Waals surface area contributed by atoms with Crippen LogP contribution in [0.5, 0.6) is 0 Å². The van der Waals surface area contributed by atoms with Gasteiger partial charge in [-0.2, -0.15) is 0 Å². The van der Waals surface area contributed by atoms with Crippen molar-refractivity contribution in [1.82, 2.24) is 10.3 Å². The van der Waals surface area contributed by atoms with Crippen molar-refractivity contribution < 1.29 is 13.9 Å². The standard InChI is InChI=1S/C17H18FN3O3/c18-13-7-11-14(8-15(13)21-5-3-19-4-6-21)20-9-12(16(11)22)17(23)24-10-1-2-10/h7-10,19H,1-6H2,(H,20,22). The maximum absolute atomic E-state index is 14.5. The average molecular weight is 331 g/mol. The average Bonchev–Trinajstić information content (AvgIpc) is 3.40. The van der Waals surface area contributed by atoms with E-state index in [9.17, 15) is 14.0 Å². The highest BCUT2D eigenvalue weighted by atomic mass is 19.1. The Balaban J connectivity index is 1.73. The molecule has 1 aromatic carbocycles. The number of pyridine rings is 1. The number of anilines is 1. The first-order valence-corrected chi connectivity index (χ1v) is 8.15. The predicted molar refractivity (Wildman–Crippen MR) is 88.0 cm³/mol. The zero-order chi connectivity index (χ0) is 16.7. The summed E-state index contributed by atoms with van der Waals surface area (Å²) in [5.41, 5.74) is 0.398. The number of aromatic nitrogens is 1. The lowest BCUT2D eigenvalue weighted by molar-refractivity contribution is 0.0470. The van der Waals surface area contributed by atoms with Crippen LogP contribution >= 0.6 is 0 Å². The molecule has 1 saturated heterocycles. The number of nitrogens with one attached hydrogen (secondary N) is 2. The van der Waals surface area contributed by atoms with Crippen molar-refractivity contribution in [2.45, 2.75) is 18.9 Å². The largest absolute Gasteiger partial charge is 0.459 e. The minimum Gasteiger partial charge on any atom is -0.459 e. The number of carbonyl (C=O) groups is 1. The van der Waals surface area contributed by atoms with Crippen molar-refractivity contribution in [1.29, 1.82) is 0 Å². The van der Waals surface area contributed by atoms with Crippen LogP contribution in [0.4, 0.5) is 10.1 Å². The Kier molecular flexibility index (Phi) is 3.72. The van der Waals surface area contributed by atoms with E-state index in [4.69, 9.17) is 4.74 Å². The molecule has 2 aliphatic rings. The van der Waals surface area contributed by atoms with Crippen LogP contribution in [0, 0.1) is 5.82 Å². The fourth-order valence-corrected chi connectivity index (χ4v) is 2.93. The molecule has 0 unspecified atom stereocenters. The third-order valence-corrected chi connectivity index (χ3v) is 4.42. The Morgan fingerprint density at radius 2 is 2.00 bits per heavy atom. The summed E-state index contributed by atoms with van der Waals surface area (Å²) < 4.78 is 19.7. The molecule has 1 aliphatic carbocycles. The smallest absolute Gasteiger partial charge is 0.343 e. The van der Waals surface area contributed by atoms with Crippen molar-refractivity contribution in [3.63, 3.8) is 0 Å². The summed E-state index contributed by atoms with van der Waals surface area (Å²) >= 11 is 0. The number of hydrogen-bond acceptors (Lipinski definition) is 5. The molecule has 2 N–H and O–H groups in total. The number of nitrogens with zero attached hydrogens (tertiary/aromatic N) is 1. The van der Waals surface area contributed by atoms with E-state index in [0.717, 1.165) is 25.9 Å². The van der Waals surface area contributed by atoms with Crippen molar-refractivity contribution in [2.24, 2.45) is 0 Å². The number of carbonyl (C=O) groups excluding carboxylic acids is 1. The molecule has 0 atom stereocenters. The number of H-pyrrole nitrogens is 1. The van der Waals surface area contributed by atoms with Crippen molar-refractivity contribution in [2.75, 3.05) is 31.1 Å². The van der Waals surface area contributed by atoms with E-state index < -0.39 is 17.2 Å². The van der Waals surface area contributed by atoms with Gasteiger partial charge in [0.15, 0.2) is 0 Å². The summed E-state index contributed by atoms with van der Waals surface area (Å²) in [5, 5.41) is 3.38. The lowest BCUT2D eigenvalue weighted by atomic mass is 10.1. The summed E-state index contributed by atoms with van der Waals surface area (Å²) in [6.45, 7) is 3.00. The van der Waals surface area contributed by atoms with Crippen LogP contribution in [0.2, 0.25) is 0 Å². The zero-order valence-corrected chi connectivity index (χ0v) is 13.1. The van der Waals surface area contributed by atoms with Crippen molar-refractivity contribution in [3.8, 4) is 0 Å². The number of benzene rings is 1. The number of hydrogen-bond donors (Lipinski definition) is 2. The van der Waals surface area contributed by atoms with Crippen LogP contribution in [-0.4, -0.2) is 43.2 Å². The van der Waals surface area contributed by atoms with Crippen LogP contribution in [0.3, 0.4) is 0 Å². The number of halogens is 1. The van der Waals surface area contributed by atoms with Crippen LogP contribution in [0.25, 0.3) is 10.9 Å². The van der Waals surface area contributed by atoms with Gasteiger partial charge < -0.3 is 19.9 Å². The lowest BCUT2D eigenvalue weighted by Crippen LogP contribution is -2.43. The van der Waals surface area contributed by atoms with Gasteiger partial charge in [-0.1, -0.05) is 0 Å². The highest BCUT2D eigenvalue weighted by Gasteiger charge is 2.28. The molecule has 1 aliphatic heterocycles. The number of piperazine rings is 1. The highest BCUT2D eigenvalue weighted by molar-refractivity contribution is 5.94. The molecule has 0 radical (unpaired) electrons. The van der Waals surface area contributed by atoms with Crippen molar-refractivity contribution >= 4 is 22.6 Å². The summed E-state index contributed by atoms with van der Waals surface area (Å²) in [6, 6.07) is 2.84. The lowest BCUT2D eigenvalue weighted by Gasteiger charge is -2.29. The second-order valence-corrected chi connectivity index (χ2v) is 6.22. The van der Waals surface area contributed by atoms with E-state index in [1.807, 2.05) is 4.90 Å². The van der Waals surface area contributed by atoms with Gasteiger partial charge in [-0.05, 0) is 25.0 Å². The molecule has 2 fully saturated rings. The molecular formula is C17H18FN3O3. The predicted octanol–water partition coefficient (Wildman–Crippen LogP) is 1.40. The summed E-state index contributed by atoms with van der Waals surface area (Å²) in [5.74, 6) is -1.10. The van der Waals surface area contributed by atoms with Crippen LogP contribution in [0.15, 0.2) is 23.1 Å². The number of fused-ring (bicyclic) bond motifs is 1. The Morgan fingerprint density at radius 3 is 2.71 bits per heavy atom. The summed E-state index contributed by atoms with van der Waals surface area (Å²) in [4.78, 5) is 29.4. The fourth-order valence-electron chi connectivity index (χ4n) is 2.93. The van der Waals surface area contributed by atoms with E-state index >= 15 is 0 Å². The topological polar surface area (TPSA) is 74.4 Å². The van der Waals surface area contributed by atoms with Gasteiger partial charge in [-0.25, -0.2) is 9.18 Å². The normalized spacial score (nSPS) is 18.0. The van der Waals surface area contributed by atoms with E-state index in [0.29, 0.717) is 24.3 Å². The minimum absolute atomic E-state index is 0.0799. The highest BCUT2D eigenvalue weighted by Crippen LogP contribution is 2.26. The molecule has 2 aromatic rings. The van der Waals surface area contributed by atoms with Gasteiger partial charge in [0, 0.05) is 37.8 Å². The molecule has 4 rings (SSSR count). The quantitative estimate of drug-likeness (QED) is 0.832. The first-order valence-electron chi connectivity index (χ1n) is 8.15. The van der Waals surface area contributed by atoms with Gasteiger partial charge in [-0.3, -0.25) is 4.79 Å². The number of rotatable bonds is 3. The van der Waals surface area contributed by atoms with E-state index in [-0.39, 0.29) is 17.1 Å². The van der Waals surface area contributed by atoms with Crippen molar-refractivity contribution in [3.05, 3.63) is 39.9 Å². The fraction of sp³-hybridized carbons (Fsp3) is 0.412. The molecule has 2 heterocycles. The zero-order valence-electron chi connectivity index (χ0n) is 13.1. The summed E-state index contributed by atoms with van der Waals surface area (Å²) in [6.07, 6.45) is 2.94. The third-order valence-electron chi connectivity index (χ3n) is 4.42. The van der Waals surface area contributed by atoms with Crippen LogP contribution in [-0.2, 0) is 4.74 Å². The minimum atomic E-state index is -0.646. The molecule has 1 aromatic heterocycles. The molecule has 6 nitrogen and oxygen atoms in total. The van der Waals surface area contributed by atoms with Crippen LogP contribution in [0.1, 0.15) is 23.2 Å². The van der Waals surface area contributed by atoms with Gasteiger partial charge in [-0.15, -0.1) is 0 Å². The molecule has 1 saturated carbocycles.